The molecule has 10 heteroatoms. The van der Waals surface area contributed by atoms with E-state index in [4.69, 9.17) is 25.3 Å². The molecule has 0 spiro atoms. The first-order valence-corrected chi connectivity index (χ1v) is 9.15. The molecule has 7 N–H and O–H groups in total. The standard InChI is InChI=1S/C9H21NO7P2/c1-8(5-3-2-4-7(8)10)6-9(11,18(12,13)14)19(15,16)17/h7,11H,2-6,10H2,1H3,(H2,12,13,14)(H2,15,16,17). The topological polar surface area (TPSA) is 161 Å². The molecule has 1 fully saturated rings. The van der Waals surface area contributed by atoms with Crippen LogP contribution in [0.15, 0.2) is 0 Å². The van der Waals surface area contributed by atoms with Gasteiger partial charge in [0, 0.05) is 12.5 Å². The second kappa shape index (κ2) is 5.20. The lowest BCUT2D eigenvalue weighted by atomic mass is 9.70. The third-order valence-electron chi connectivity index (χ3n) is 3.98. The van der Waals surface area contributed by atoms with E-state index in [1.165, 1.54) is 0 Å². The van der Waals surface area contributed by atoms with Crippen molar-refractivity contribution in [3.63, 3.8) is 0 Å². The zero-order valence-electron chi connectivity index (χ0n) is 10.6. The first-order valence-electron chi connectivity index (χ1n) is 5.93. The Kier molecular flexibility index (Phi) is 4.73. The smallest absolute Gasteiger partial charge is 0.368 e. The quantitative estimate of drug-likeness (QED) is 0.403. The van der Waals surface area contributed by atoms with Gasteiger partial charge in [0.25, 0.3) is 5.08 Å². The summed E-state index contributed by atoms with van der Waals surface area (Å²) >= 11 is 0. The Morgan fingerprint density at radius 2 is 1.68 bits per heavy atom. The first-order chi connectivity index (χ1) is 8.33. The SMILES string of the molecule is CC1(CC(O)(P(=O)(O)O)P(=O)(O)O)CCCCC1N. The van der Waals surface area contributed by atoms with Crippen molar-refractivity contribution in [2.24, 2.45) is 11.1 Å². The van der Waals surface area contributed by atoms with Crippen LogP contribution >= 0.6 is 15.2 Å². The Balaban J connectivity index is 3.16. The highest BCUT2D eigenvalue weighted by Gasteiger charge is 2.62. The second-order valence-electron chi connectivity index (χ2n) is 5.55. The average Bonchev–Trinajstić information content (AvgIpc) is 2.19. The summed E-state index contributed by atoms with van der Waals surface area (Å²) in [5.41, 5.74) is 4.97. The fourth-order valence-corrected chi connectivity index (χ4v) is 5.06. The minimum atomic E-state index is -5.41. The van der Waals surface area contributed by atoms with Crippen molar-refractivity contribution in [2.75, 3.05) is 0 Å². The first kappa shape index (κ1) is 17.3. The molecule has 8 nitrogen and oxygen atoms in total. The van der Waals surface area contributed by atoms with Gasteiger partial charge in [-0.3, -0.25) is 9.13 Å². The van der Waals surface area contributed by atoms with Crippen molar-refractivity contribution in [3.8, 4) is 0 Å². The highest BCUT2D eigenvalue weighted by molar-refractivity contribution is 7.72. The van der Waals surface area contributed by atoms with E-state index in [0.717, 1.165) is 12.8 Å². The lowest BCUT2D eigenvalue weighted by molar-refractivity contribution is 0.0513. The van der Waals surface area contributed by atoms with E-state index in [1.54, 1.807) is 6.92 Å². The molecule has 0 aliphatic heterocycles. The third-order valence-corrected chi connectivity index (χ3v) is 7.73. The van der Waals surface area contributed by atoms with Gasteiger partial charge in [0.15, 0.2) is 0 Å². The van der Waals surface area contributed by atoms with Gasteiger partial charge in [0.2, 0.25) is 0 Å². The van der Waals surface area contributed by atoms with Crippen LogP contribution in [0.2, 0.25) is 0 Å². The highest BCUT2D eigenvalue weighted by Crippen LogP contribution is 2.71. The predicted molar refractivity (Wildman–Crippen MR) is 68.2 cm³/mol. The third kappa shape index (κ3) is 3.28. The molecule has 0 saturated heterocycles. The number of nitrogens with two attached hydrogens (primary N) is 1. The molecule has 1 aliphatic carbocycles. The summed E-state index contributed by atoms with van der Waals surface area (Å²) in [6.45, 7) is 1.59. The molecule has 2 atom stereocenters. The second-order valence-corrected chi connectivity index (χ2v) is 9.55. The minimum absolute atomic E-state index is 0.455. The maximum absolute atomic E-state index is 11.3. The van der Waals surface area contributed by atoms with Crippen LogP contribution in [0.25, 0.3) is 0 Å². The molecular weight excluding hydrogens is 296 g/mol. The van der Waals surface area contributed by atoms with Crippen LogP contribution in [0.1, 0.15) is 39.0 Å². The van der Waals surface area contributed by atoms with E-state index >= 15 is 0 Å². The Bertz CT molecular complexity index is 408. The van der Waals surface area contributed by atoms with Gasteiger partial charge >= 0.3 is 15.2 Å². The van der Waals surface area contributed by atoms with Gasteiger partial charge in [-0.25, -0.2) is 0 Å². The van der Waals surface area contributed by atoms with Gasteiger partial charge < -0.3 is 30.4 Å². The van der Waals surface area contributed by atoms with Crippen LogP contribution in [-0.2, 0) is 9.13 Å². The zero-order chi connectivity index (χ0) is 15.1. The van der Waals surface area contributed by atoms with Gasteiger partial charge in [-0.1, -0.05) is 19.8 Å². The highest BCUT2D eigenvalue weighted by atomic mass is 31.2. The molecule has 0 aromatic carbocycles. The Labute approximate surface area is 111 Å². The van der Waals surface area contributed by atoms with Gasteiger partial charge in [0.1, 0.15) is 0 Å². The summed E-state index contributed by atoms with van der Waals surface area (Å²) in [6, 6.07) is -0.467. The molecule has 1 aliphatic rings. The number of hydrogen-bond donors (Lipinski definition) is 6. The molecule has 0 heterocycles. The lowest BCUT2D eigenvalue weighted by Crippen LogP contribution is -2.47. The fourth-order valence-electron chi connectivity index (χ4n) is 2.56. The van der Waals surface area contributed by atoms with E-state index in [0.29, 0.717) is 12.8 Å². The van der Waals surface area contributed by atoms with Crippen LogP contribution in [0, 0.1) is 5.41 Å². The predicted octanol–water partition coefficient (Wildman–Crippen LogP) is 0.286. The number of rotatable bonds is 4. The maximum atomic E-state index is 11.3. The van der Waals surface area contributed by atoms with E-state index in [9.17, 15) is 14.2 Å². The summed E-state index contributed by atoms with van der Waals surface area (Å²) in [5.74, 6) is 0. The van der Waals surface area contributed by atoms with Crippen molar-refractivity contribution in [3.05, 3.63) is 0 Å². The Hall–Kier alpha value is 0.220. The molecule has 0 amide bonds. The monoisotopic (exact) mass is 317 g/mol. The minimum Gasteiger partial charge on any atom is -0.368 e. The van der Waals surface area contributed by atoms with Crippen LogP contribution in [-0.4, -0.2) is 35.8 Å². The molecule has 114 valence electrons. The maximum Gasteiger partial charge on any atom is 0.369 e. The van der Waals surface area contributed by atoms with Crippen LogP contribution in [0.4, 0.5) is 0 Å². The van der Waals surface area contributed by atoms with Crippen molar-refractivity contribution < 1.29 is 33.8 Å². The van der Waals surface area contributed by atoms with Crippen LogP contribution in [0.5, 0.6) is 0 Å². The summed E-state index contributed by atoms with van der Waals surface area (Å²) in [6.07, 6.45) is 1.91. The molecule has 2 unspecified atom stereocenters. The summed E-state index contributed by atoms with van der Waals surface area (Å²) in [4.78, 5) is 36.5. The van der Waals surface area contributed by atoms with E-state index in [2.05, 4.69) is 0 Å². The van der Waals surface area contributed by atoms with E-state index in [-0.39, 0.29) is 0 Å². The van der Waals surface area contributed by atoms with Crippen LogP contribution < -0.4 is 5.73 Å². The zero-order valence-corrected chi connectivity index (χ0v) is 12.4. The lowest BCUT2D eigenvalue weighted by Gasteiger charge is -2.44. The molecule has 1 rings (SSSR count). The van der Waals surface area contributed by atoms with Crippen LogP contribution in [0.3, 0.4) is 0 Å². The Morgan fingerprint density at radius 3 is 2.05 bits per heavy atom. The largest absolute Gasteiger partial charge is 0.369 e. The van der Waals surface area contributed by atoms with Gasteiger partial charge in [-0.2, -0.15) is 0 Å². The molecular formula is C9H21NO7P2. The van der Waals surface area contributed by atoms with Crippen molar-refractivity contribution in [1.29, 1.82) is 0 Å². The van der Waals surface area contributed by atoms with Crippen molar-refractivity contribution in [1.82, 2.24) is 0 Å². The summed E-state index contributed by atoms with van der Waals surface area (Å²) in [7, 11) is -10.8. The molecule has 0 aromatic heterocycles. The van der Waals surface area contributed by atoms with Gasteiger partial charge in [-0.05, 0) is 18.3 Å². The molecule has 0 bridgehead atoms. The average molecular weight is 317 g/mol. The molecule has 19 heavy (non-hydrogen) atoms. The van der Waals surface area contributed by atoms with Crippen molar-refractivity contribution in [2.45, 2.75) is 50.2 Å². The molecule has 1 saturated carbocycles. The molecule has 0 radical (unpaired) electrons. The Morgan fingerprint density at radius 1 is 1.21 bits per heavy atom. The van der Waals surface area contributed by atoms with E-state index < -0.39 is 38.2 Å². The summed E-state index contributed by atoms with van der Waals surface area (Å²) < 4.78 is 22.7. The van der Waals surface area contributed by atoms with Gasteiger partial charge in [0.05, 0.1) is 0 Å². The molecule has 0 aromatic rings. The van der Waals surface area contributed by atoms with Gasteiger partial charge in [-0.15, -0.1) is 0 Å². The van der Waals surface area contributed by atoms with E-state index in [1.807, 2.05) is 0 Å². The summed E-state index contributed by atoms with van der Waals surface area (Å²) in [5, 5.41) is 6.57. The number of aliphatic hydroxyl groups is 1. The fraction of sp³-hybridized carbons (Fsp3) is 1.00. The normalized spacial score (nSPS) is 30.4. The van der Waals surface area contributed by atoms with Crippen molar-refractivity contribution >= 4 is 15.2 Å². The number of hydrogen-bond acceptors (Lipinski definition) is 4.